The van der Waals surface area contributed by atoms with E-state index in [-0.39, 0.29) is 19.4 Å². The molecule has 0 amide bonds. The second-order valence-corrected chi connectivity index (χ2v) is 13.6. The lowest BCUT2D eigenvalue weighted by atomic mass is 9.80. The van der Waals surface area contributed by atoms with Gasteiger partial charge in [-0.15, -0.1) is 11.3 Å². The van der Waals surface area contributed by atoms with Crippen molar-refractivity contribution in [1.29, 1.82) is 0 Å². The Bertz CT molecular complexity index is 1230. The van der Waals surface area contributed by atoms with Crippen molar-refractivity contribution in [2.45, 2.75) is 85.4 Å². The van der Waals surface area contributed by atoms with Crippen molar-refractivity contribution in [3.63, 3.8) is 0 Å². The van der Waals surface area contributed by atoms with Gasteiger partial charge < -0.3 is 14.0 Å². The molecular weight excluding hydrogens is 564 g/mol. The van der Waals surface area contributed by atoms with E-state index in [9.17, 15) is 23.1 Å². The normalized spacial score (nSPS) is 14.0. The summed E-state index contributed by atoms with van der Waals surface area (Å²) in [6, 6.07) is 9.63. The molecule has 0 saturated carbocycles. The Morgan fingerprint density at radius 2 is 1.63 bits per heavy atom. The molecule has 1 aromatic heterocycles. The Morgan fingerprint density at radius 3 is 2.10 bits per heavy atom. The summed E-state index contributed by atoms with van der Waals surface area (Å²) in [7, 11) is 2.47. The van der Waals surface area contributed by atoms with Gasteiger partial charge in [-0.3, -0.25) is 23.4 Å². The number of Topliss-reactive ketones (excluding diaryl/α,β-unsaturated/α-hetero) is 1. The molecule has 1 heterocycles. The molecule has 2 unspecified atom stereocenters. The number of thiophene rings is 1. The average molecular weight is 608 g/mol. The van der Waals surface area contributed by atoms with E-state index in [0.717, 1.165) is 28.0 Å². The molecule has 2 atom stereocenters. The van der Waals surface area contributed by atoms with Crippen molar-refractivity contribution in [2.24, 2.45) is 11.8 Å². The number of hydrogen-bond acceptors (Lipinski definition) is 9. The van der Waals surface area contributed by atoms with Gasteiger partial charge in [0, 0.05) is 40.2 Å². The predicted octanol–water partition coefficient (Wildman–Crippen LogP) is 5.19. The SMILES string of the molecule is COC(=O)CCC(=O)C(NCc1ccc(-c2cc(CC(C)C)sc2N(S(=O)[O-])C(C)(C)C)cc1)(C(=O)OC)C(C)C. The fourth-order valence-corrected chi connectivity index (χ4v) is 7.11. The molecule has 228 valence electrons. The summed E-state index contributed by atoms with van der Waals surface area (Å²) in [5.41, 5.74) is 0.196. The number of methoxy groups -OCH3 is 2. The number of hydrogen-bond donors (Lipinski definition) is 1. The molecule has 2 aromatic rings. The van der Waals surface area contributed by atoms with Crippen LogP contribution in [0.15, 0.2) is 30.3 Å². The van der Waals surface area contributed by atoms with Crippen LogP contribution in [0.25, 0.3) is 11.1 Å². The second-order valence-electron chi connectivity index (χ2n) is 11.7. The minimum atomic E-state index is -2.47. The van der Waals surface area contributed by atoms with Crippen molar-refractivity contribution in [3.05, 3.63) is 40.8 Å². The van der Waals surface area contributed by atoms with E-state index in [1.165, 1.54) is 29.9 Å². The highest BCUT2D eigenvalue weighted by Gasteiger charge is 2.48. The summed E-state index contributed by atoms with van der Waals surface area (Å²) >= 11 is -0.983. The van der Waals surface area contributed by atoms with Crippen LogP contribution in [0.4, 0.5) is 5.00 Å². The number of benzene rings is 1. The maximum atomic E-state index is 13.3. The summed E-state index contributed by atoms with van der Waals surface area (Å²) < 4.78 is 35.7. The summed E-state index contributed by atoms with van der Waals surface area (Å²) in [4.78, 5) is 39.0. The molecule has 0 fully saturated rings. The van der Waals surface area contributed by atoms with Crippen molar-refractivity contribution in [3.8, 4) is 11.1 Å². The smallest absolute Gasteiger partial charge is 0.334 e. The number of ether oxygens (including phenoxy) is 2. The zero-order chi connectivity index (χ0) is 31.1. The van der Waals surface area contributed by atoms with E-state index in [1.54, 1.807) is 13.8 Å². The van der Waals surface area contributed by atoms with Crippen LogP contribution in [0, 0.1) is 11.8 Å². The van der Waals surface area contributed by atoms with Crippen molar-refractivity contribution in [1.82, 2.24) is 5.32 Å². The van der Waals surface area contributed by atoms with E-state index in [0.29, 0.717) is 10.9 Å². The minimum absolute atomic E-state index is 0.140. The van der Waals surface area contributed by atoms with Crippen LogP contribution in [0.1, 0.15) is 71.7 Å². The van der Waals surface area contributed by atoms with Crippen molar-refractivity contribution < 1.29 is 32.6 Å². The van der Waals surface area contributed by atoms with E-state index >= 15 is 0 Å². The van der Waals surface area contributed by atoms with Crippen LogP contribution in [0.3, 0.4) is 0 Å². The third-order valence-corrected chi connectivity index (χ3v) is 9.04. The average Bonchev–Trinajstić information content (AvgIpc) is 3.27. The zero-order valence-corrected chi connectivity index (χ0v) is 27.1. The molecule has 41 heavy (non-hydrogen) atoms. The van der Waals surface area contributed by atoms with Gasteiger partial charge in [0.2, 0.25) is 0 Å². The summed E-state index contributed by atoms with van der Waals surface area (Å²) in [5, 5.41) is 3.79. The Hall–Kier alpha value is -2.60. The Balaban J connectivity index is 2.43. The molecule has 0 radical (unpaired) electrons. The Kier molecular flexibility index (Phi) is 12.3. The topological polar surface area (TPSA) is 125 Å². The van der Waals surface area contributed by atoms with E-state index in [2.05, 4.69) is 30.0 Å². The predicted molar refractivity (Wildman–Crippen MR) is 162 cm³/mol. The molecule has 0 spiro atoms. The first-order chi connectivity index (χ1) is 19.1. The highest BCUT2D eigenvalue weighted by atomic mass is 32.2. The maximum absolute atomic E-state index is 13.3. The number of anilines is 1. The number of rotatable bonds is 14. The molecule has 0 bridgehead atoms. The van der Waals surface area contributed by atoms with Crippen LogP contribution in [0.2, 0.25) is 0 Å². The van der Waals surface area contributed by atoms with Gasteiger partial charge in [-0.05, 0) is 56.2 Å². The van der Waals surface area contributed by atoms with Crippen LogP contribution >= 0.6 is 11.3 Å². The van der Waals surface area contributed by atoms with Gasteiger partial charge in [0.15, 0.2) is 11.3 Å². The van der Waals surface area contributed by atoms with Crippen LogP contribution in [0.5, 0.6) is 0 Å². The lowest BCUT2D eigenvalue weighted by molar-refractivity contribution is -0.157. The standard InChI is InChI=1S/C30H44N2O7S2/c1-19(2)16-23-17-24(27(40-23)32(41(36)37)29(5,6)7)22-12-10-21(11-13-22)18-31-30(20(3)4,28(35)39-9)25(33)14-15-26(34)38-8/h10-13,17,19-20,31H,14-16,18H2,1-9H3,(H,36,37)/p-1. The maximum Gasteiger partial charge on any atom is 0.334 e. The highest BCUT2D eigenvalue weighted by Crippen LogP contribution is 2.43. The van der Waals surface area contributed by atoms with Gasteiger partial charge >= 0.3 is 11.9 Å². The van der Waals surface area contributed by atoms with Gasteiger partial charge in [-0.1, -0.05) is 52.0 Å². The first-order valence-electron chi connectivity index (χ1n) is 13.6. The largest absolute Gasteiger partial charge is 0.755 e. The number of esters is 2. The quantitative estimate of drug-likeness (QED) is 0.177. The molecule has 9 nitrogen and oxygen atoms in total. The number of ketones is 1. The Morgan fingerprint density at radius 1 is 1.02 bits per heavy atom. The summed E-state index contributed by atoms with van der Waals surface area (Å²) in [5.74, 6) is -1.74. The van der Waals surface area contributed by atoms with E-state index < -0.39 is 46.0 Å². The van der Waals surface area contributed by atoms with Gasteiger partial charge in [0.05, 0.1) is 20.6 Å². The summed E-state index contributed by atoms with van der Waals surface area (Å²) in [6.07, 6.45) is 0.521. The molecule has 0 aliphatic heterocycles. The first-order valence-corrected chi connectivity index (χ1v) is 15.5. The van der Waals surface area contributed by atoms with Crippen LogP contribution in [-0.2, 0) is 48.1 Å². The molecule has 11 heteroatoms. The lowest BCUT2D eigenvalue weighted by Gasteiger charge is -2.38. The molecule has 2 rings (SSSR count). The molecule has 0 aliphatic carbocycles. The second kappa shape index (κ2) is 14.5. The number of nitrogens with zero attached hydrogens (tertiary/aromatic N) is 1. The lowest BCUT2D eigenvalue weighted by Crippen LogP contribution is -2.62. The third kappa shape index (κ3) is 8.47. The van der Waals surface area contributed by atoms with E-state index in [1.807, 2.05) is 45.0 Å². The van der Waals surface area contributed by atoms with Gasteiger partial charge in [-0.2, -0.15) is 0 Å². The number of carbonyl (C=O) groups is 3. The van der Waals surface area contributed by atoms with E-state index in [4.69, 9.17) is 4.74 Å². The number of carbonyl (C=O) groups excluding carboxylic acids is 3. The monoisotopic (exact) mass is 607 g/mol. The highest BCUT2D eigenvalue weighted by molar-refractivity contribution is 7.81. The van der Waals surface area contributed by atoms with Gasteiger partial charge in [0.1, 0.15) is 5.00 Å². The zero-order valence-electron chi connectivity index (χ0n) is 25.5. The summed E-state index contributed by atoms with van der Waals surface area (Å²) in [6.45, 7) is 13.5. The van der Waals surface area contributed by atoms with Crippen molar-refractivity contribution in [2.75, 3.05) is 18.5 Å². The molecule has 0 saturated heterocycles. The van der Waals surface area contributed by atoms with Crippen molar-refractivity contribution >= 4 is 45.3 Å². The third-order valence-electron chi connectivity index (χ3n) is 6.75. The Labute approximate surface area is 250 Å². The molecule has 0 aliphatic rings. The first kappa shape index (κ1) is 34.6. The fourth-order valence-electron chi connectivity index (χ4n) is 4.65. The minimum Gasteiger partial charge on any atom is -0.755 e. The van der Waals surface area contributed by atoms with Crippen LogP contribution in [-0.4, -0.2) is 51.8 Å². The van der Waals surface area contributed by atoms with Gasteiger partial charge in [0.25, 0.3) is 0 Å². The molecule has 1 aromatic carbocycles. The van der Waals surface area contributed by atoms with Gasteiger partial charge in [-0.25, -0.2) is 4.79 Å². The van der Waals surface area contributed by atoms with Crippen LogP contribution < -0.4 is 9.62 Å². The molecular formula is C30H43N2O7S2-. The molecule has 1 N–H and O–H groups in total. The fraction of sp³-hybridized carbons (Fsp3) is 0.567. The number of nitrogens with one attached hydrogen (secondary N) is 1.